The minimum Gasteiger partial charge on any atom is -0.497 e. The van der Waals surface area contributed by atoms with Gasteiger partial charge in [-0.1, -0.05) is 119 Å². The molecule has 0 radical (unpaired) electrons. The zero-order chi connectivity index (χ0) is 57.9. The topological polar surface area (TPSA) is 66.0 Å². The van der Waals surface area contributed by atoms with Gasteiger partial charge in [-0.25, -0.2) is 0 Å². The van der Waals surface area contributed by atoms with E-state index in [1.165, 1.54) is 64.0 Å². The molecule has 0 bridgehead atoms. The van der Waals surface area contributed by atoms with Crippen molar-refractivity contribution in [3.8, 4) is 56.4 Å². The van der Waals surface area contributed by atoms with Gasteiger partial charge in [0.1, 0.15) is 23.0 Å². The summed E-state index contributed by atoms with van der Waals surface area (Å²) in [5.74, 6) is 3.08. The van der Waals surface area contributed by atoms with Crippen LogP contribution in [0.15, 0.2) is 146 Å². The highest BCUT2D eigenvalue weighted by Gasteiger charge is 2.50. The number of carbonyl (C=O) groups is 1. The van der Waals surface area contributed by atoms with E-state index in [-0.39, 0.29) is 28.7 Å². The first-order valence-electron chi connectivity index (χ1n) is 28.1. The fraction of sp³-hybridized carbons (Fsp3) is 0.300. The Morgan fingerprint density at radius 3 is 1.85 bits per heavy atom. The highest BCUT2D eigenvalue weighted by molar-refractivity contribution is 6.11. The van der Waals surface area contributed by atoms with Crippen LogP contribution in [0.3, 0.4) is 0 Å². The van der Waals surface area contributed by atoms with Gasteiger partial charge in [0, 0.05) is 44.3 Å². The van der Waals surface area contributed by atoms with E-state index in [1.807, 2.05) is 128 Å². The molecule has 1 aliphatic heterocycles. The highest BCUT2D eigenvalue weighted by Crippen LogP contribution is 2.62. The second kappa shape index (κ2) is 21.7. The number of methoxy groups -OCH3 is 3. The molecule has 1 N–H and O–H groups in total. The molecule has 11 rings (SSSR count). The minimum atomic E-state index is -5.13. The number of unbranched alkanes of at least 4 members (excludes halogenated alkanes) is 2. The van der Waals surface area contributed by atoms with Crippen LogP contribution in [0.1, 0.15) is 138 Å². The van der Waals surface area contributed by atoms with Gasteiger partial charge in [-0.2, -0.15) is 26.3 Å². The Morgan fingerprint density at radius 2 is 1.28 bits per heavy atom. The van der Waals surface area contributed by atoms with Crippen molar-refractivity contribution >= 4 is 28.4 Å². The number of rotatable bonds is 14. The predicted molar refractivity (Wildman–Crippen MR) is 313 cm³/mol. The second-order valence-corrected chi connectivity index (χ2v) is 22.7. The number of hydrogen-bond donors (Lipinski definition) is 1. The predicted octanol–water partition coefficient (Wildman–Crippen LogP) is 19.3. The molecule has 8 aromatic carbocycles. The summed E-state index contributed by atoms with van der Waals surface area (Å²) in [6.45, 7) is 7.44. The number of halogens is 6. The van der Waals surface area contributed by atoms with E-state index < -0.39 is 34.5 Å². The maximum absolute atomic E-state index is 15.4. The van der Waals surface area contributed by atoms with E-state index in [9.17, 15) is 18.0 Å². The number of amides is 1. The maximum Gasteiger partial charge on any atom is 0.416 e. The summed E-state index contributed by atoms with van der Waals surface area (Å²) in [6, 6.07) is 40.9. The first-order chi connectivity index (χ1) is 39.3. The minimum absolute atomic E-state index is 0.160. The Bertz CT molecular complexity index is 3690. The summed E-state index contributed by atoms with van der Waals surface area (Å²) in [5, 5.41) is 3.85. The van der Waals surface area contributed by atoms with Crippen molar-refractivity contribution in [2.24, 2.45) is 5.92 Å². The van der Waals surface area contributed by atoms with Crippen LogP contribution < -0.4 is 24.3 Å². The van der Waals surface area contributed by atoms with Crippen molar-refractivity contribution in [2.75, 3.05) is 26.6 Å². The lowest BCUT2D eigenvalue weighted by molar-refractivity contribution is -0.143. The molecule has 422 valence electrons. The summed E-state index contributed by atoms with van der Waals surface area (Å²) in [6.07, 6.45) is 3.56. The molecule has 2 aliphatic carbocycles. The summed E-state index contributed by atoms with van der Waals surface area (Å²) in [7, 11) is 4.65. The Balaban J connectivity index is 0.974. The van der Waals surface area contributed by atoms with E-state index >= 15 is 13.2 Å². The molecule has 1 saturated carbocycles. The van der Waals surface area contributed by atoms with Crippen molar-refractivity contribution < 1.29 is 50.1 Å². The van der Waals surface area contributed by atoms with Gasteiger partial charge in [0.2, 0.25) is 0 Å². The molecule has 1 fully saturated rings. The zero-order valence-corrected chi connectivity index (χ0v) is 47.1. The van der Waals surface area contributed by atoms with Crippen LogP contribution in [-0.2, 0) is 23.4 Å². The van der Waals surface area contributed by atoms with Gasteiger partial charge in [-0.3, -0.25) is 4.79 Å². The number of ether oxygens (including phenoxy) is 4. The summed E-state index contributed by atoms with van der Waals surface area (Å²) in [5.41, 5.74) is 2.87. The van der Waals surface area contributed by atoms with Crippen LogP contribution in [-0.4, -0.2) is 27.2 Å². The average Bonchev–Trinajstić information content (AvgIpc) is 3.83. The van der Waals surface area contributed by atoms with E-state index in [0.29, 0.717) is 78.8 Å². The Labute approximate surface area is 475 Å². The smallest absolute Gasteiger partial charge is 0.416 e. The molecule has 82 heavy (non-hydrogen) atoms. The van der Waals surface area contributed by atoms with E-state index in [4.69, 9.17) is 18.9 Å². The number of carbonyl (C=O) groups excluding carboxylic acids is 1. The Kier molecular flexibility index (Phi) is 14.8. The number of alkyl halides is 6. The van der Waals surface area contributed by atoms with E-state index in [0.717, 1.165) is 34.2 Å². The van der Waals surface area contributed by atoms with Crippen LogP contribution in [0, 0.1) is 12.8 Å². The molecule has 0 spiro atoms. The summed E-state index contributed by atoms with van der Waals surface area (Å²) >= 11 is 0. The molecule has 6 nitrogen and oxygen atoms in total. The molecule has 8 aromatic rings. The fourth-order valence-corrected chi connectivity index (χ4v) is 13.1. The van der Waals surface area contributed by atoms with Crippen molar-refractivity contribution in [1.29, 1.82) is 0 Å². The molecule has 0 atom stereocenters. The highest BCUT2D eigenvalue weighted by atomic mass is 19.4. The van der Waals surface area contributed by atoms with Gasteiger partial charge >= 0.3 is 12.4 Å². The Morgan fingerprint density at radius 1 is 0.646 bits per heavy atom. The van der Waals surface area contributed by atoms with Gasteiger partial charge in [0.25, 0.3) is 5.91 Å². The molecular formula is C70H65F6NO5. The van der Waals surface area contributed by atoms with Crippen LogP contribution >= 0.6 is 0 Å². The van der Waals surface area contributed by atoms with Gasteiger partial charge < -0.3 is 24.3 Å². The van der Waals surface area contributed by atoms with Crippen molar-refractivity contribution in [3.05, 3.63) is 201 Å². The molecule has 0 aromatic heterocycles. The third-order valence-corrected chi connectivity index (χ3v) is 17.4. The molecule has 3 aliphatic rings. The van der Waals surface area contributed by atoms with Gasteiger partial charge in [0.05, 0.1) is 32.5 Å². The number of benzene rings is 8. The molecule has 0 unspecified atom stereocenters. The van der Waals surface area contributed by atoms with Crippen molar-refractivity contribution in [2.45, 2.75) is 108 Å². The summed E-state index contributed by atoms with van der Waals surface area (Å²) < 4.78 is 115. The van der Waals surface area contributed by atoms with E-state index in [2.05, 4.69) is 24.4 Å². The number of nitrogens with one attached hydrogen (secondary N) is 1. The quantitative estimate of drug-likeness (QED) is 0.0868. The SMILES string of the molecule is CCCCCC1CCC(c2ccc(C(=O)Nc3ccc(-c4ccc(-c5cc6c7c(c8c(c6cc5OC)OC(c5ccc(OC)cc5)(c5ccc(OC)cc5)C=C8)C(C)(C)c5c-7cc(C(F)(F)F)cc5C(F)(F)F)c(C)c4)cc3)cc2)CC1. The van der Waals surface area contributed by atoms with Crippen LogP contribution in [0.5, 0.6) is 23.0 Å². The lowest BCUT2D eigenvalue weighted by atomic mass is 9.75. The maximum atomic E-state index is 15.4. The van der Waals surface area contributed by atoms with Crippen LogP contribution in [0.2, 0.25) is 0 Å². The first kappa shape index (κ1) is 55.9. The third-order valence-electron chi connectivity index (χ3n) is 17.4. The normalized spacial score (nSPS) is 16.9. The standard InChI is InChI=1S/C70H65F6NO5/c1-8-9-10-11-42-12-14-43(15-13-42)44-16-18-46(19-17-44)66(78)77-51-27-20-45(21-28-51)47-22-33-54(41(2)36-47)56-39-57-58(40-61(56)81-7)65-55(64-62(57)59-37-50(69(71,72)73)38-60(70(74,75)76)63(59)67(64,3)4)34-35-68(82-65,48-23-29-52(79-5)30-24-48)49-25-31-53(80-6)32-26-49/h16-40,42-43H,8-15H2,1-7H3,(H,77,78). The first-order valence-corrected chi connectivity index (χ1v) is 28.1. The fourth-order valence-electron chi connectivity index (χ4n) is 13.1. The van der Waals surface area contributed by atoms with Gasteiger partial charge in [-0.05, 0) is 179 Å². The third kappa shape index (κ3) is 10.2. The van der Waals surface area contributed by atoms with Crippen LogP contribution in [0.25, 0.3) is 50.2 Å². The van der Waals surface area contributed by atoms with Crippen molar-refractivity contribution in [1.82, 2.24) is 0 Å². The second-order valence-electron chi connectivity index (χ2n) is 22.7. The van der Waals surface area contributed by atoms with Crippen LogP contribution in [0.4, 0.5) is 32.0 Å². The van der Waals surface area contributed by atoms with Crippen molar-refractivity contribution in [3.63, 3.8) is 0 Å². The molecular weight excluding hydrogens is 1050 g/mol. The molecule has 0 saturated heterocycles. The van der Waals surface area contributed by atoms with E-state index in [1.54, 1.807) is 34.1 Å². The lowest BCUT2D eigenvalue weighted by Crippen LogP contribution is -2.35. The number of aryl methyl sites for hydroxylation is 1. The molecule has 1 heterocycles. The molecule has 1 amide bonds. The summed E-state index contributed by atoms with van der Waals surface area (Å²) in [4.78, 5) is 13.5. The lowest BCUT2D eigenvalue weighted by Gasteiger charge is -2.38. The monoisotopic (exact) mass is 1110 g/mol. The largest absolute Gasteiger partial charge is 0.497 e. The molecule has 12 heteroatoms. The number of fused-ring (bicyclic) bond motifs is 8. The van der Waals surface area contributed by atoms with Gasteiger partial charge in [-0.15, -0.1) is 0 Å². The van der Waals surface area contributed by atoms with Gasteiger partial charge in [0.15, 0.2) is 5.60 Å². The average molecular weight is 1110 g/mol. The Hall–Kier alpha value is -7.99. The number of hydrogen-bond acceptors (Lipinski definition) is 5. The zero-order valence-electron chi connectivity index (χ0n) is 47.1. The number of anilines is 1.